The zero-order valence-corrected chi connectivity index (χ0v) is 11.7. The van der Waals surface area contributed by atoms with Gasteiger partial charge in [0.15, 0.2) is 0 Å². The fourth-order valence-corrected chi connectivity index (χ4v) is 3.21. The topological polar surface area (TPSA) is 42.0 Å². The quantitative estimate of drug-likeness (QED) is 0.859. The molecule has 0 radical (unpaired) electrons. The Balaban J connectivity index is 1.54. The second-order valence-corrected chi connectivity index (χ2v) is 6.05. The van der Waals surface area contributed by atoms with Gasteiger partial charge in [0.25, 0.3) is 0 Å². The summed E-state index contributed by atoms with van der Waals surface area (Å²) in [6.45, 7) is 0.719. The smallest absolute Gasteiger partial charge is 0.220 e. The van der Waals surface area contributed by atoms with Crippen molar-refractivity contribution in [3.8, 4) is 0 Å². The van der Waals surface area contributed by atoms with Gasteiger partial charge in [-0.15, -0.1) is 11.3 Å². The largest absolute Gasteiger partial charge is 0.356 e. The highest BCUT2D eigenvalue weighted by Crippen LogP contribution is 2.27. The van der Waals surface area contributed by atoms with Gasteiger partial charge in [-0.1, -0.05) is 32.1 Å². The van der Waals surface area contributed by atoms with Crippen LogP contribution in [0.15, 0.2) is 11.6 Å². The summed E-state index contributed by atoms with van der Waals surface area (Å²) in [5.41, 5.74) is 0. The van der Waals surface area contributed by atoms with Gasteiger partial charge in [0.2, 0.25) is 5.91 Å². The Kier molecular flexibility index (Phi) is 5.65. The van der Waals surface area contributed by atoms with E-state index in [9.17, 15) is 4.79 Å². The molecule has 0 aromatic carbocycles. The van der Waals surface area contributed by atoms with Gasteiger partial charge in [0.05, 0.1) is 5.01 Å². The fourth-order valence-electron chi connectivity index (χ4n) is 2.58. The highest BCUT2D eigenvalue weighted by atomic mass is 32.1. The normalized spacial score (nSPS) is 16.7. The summed E-state index contributed by atoms with van der Waals surface area (Å²) in [7, 11) is 0. The maximum atomic E-state index is 11.7. The molecular weight excluding hydrogens is 244 g/mol. The first kappa shape index (κ1) is 13.5. The van der Waals surface area contributed by atoms with Gasteiger partial charge >= 0.3 is 0 Å². The SMILES string of the molecule is O=C(CCC1CCCCC1)NCCc1nccs1. The van der Waals surface area contributed by atoms with Gasteiger partial charge in [0, 0.05) is 31.0 Å². The zero-order valence-electron chi connectivity index (χ0n) is 10.9. The van der Waals surface area contributed by atoms with Crippen molar-refractivity contribution in [2.75, 3.05) is 6.54 Å². The molecule has 0 unspecified atom stereocenters. The molecule has 0 atom stereocenters. The summed E-state index contributed by atoms with van der Waals surface area (Å²) in [6.07, 6.45) is 11.2. The Bertz CT molecular complexity index is 345. The average Bonchev–Trinajstić information content (AvgIpc) is 2.91. The molecule has 0 spiro atoms. The third-order valence-corrected chi connectivity index (χ3v) is 4.49. The summed E-state index contributed by atoms with van der Waals surface area (Å²) < 4.78 is 0. The first-order valence-corrected chi connectivity index (χ1v) is 7.87. The van der Waals surface area contributed by atoms with Crippen LogP contribution in [0.5, 0.6) is 0 Å². The third-order valence-electron chi connectivity index (χ3n) is 3.65. The molecule has 1 saturated carbocycles. The molecule has 0 aliphatic heterocycles. The van der Waals surface area contributed by atoms with Crippen LogP contribution in [0.2, 0.25) is 0 Å². The molecule has 100 valence electrons. The van der Waals surface area contributed by atoms with E-state index in [-0.39, 0.29) is 5.91 Å². The highest BCUT2D eigenvalue weighted by molar-refractivity contribution is 7.09. The van der Waals surface area contributed by atoms with Crippen LogP contribution < -0.4 is 5.32 Å². The van der Waals surface area contributed by atoms with Gasteiger partial charge < -0.3 is 5.32 Å². The summed E-state index contributed by atoms with van der Waals surface area (Å²) in [5, 5.41) is 6.06. The maximum Gasteiger partial charge on any atom is 0.220 e. The number of hydrogen-bond acceptors (Lipinski definition) is 3. The van der Waals surface area contributed by atoms with Gasteiger partial charge in [0.1, 0.15) is 0 Å². The van der Waals surface area contributed by atoms with Crippen LogP contribution >= 0.6 is 11.3 Å². The molecule has 3 nitrogen and oxygen atoms in total. The fraction of sp³-hybridized carbons (Fsp3) is 0.714. The predicted molar refractivity (Wildman–Crippen MR) is 74.6 cm³/mol. The first-order valence-electron chi connectivity index (χ1n) is 6.99. The average molecular weight is 266 g/mol. The number of thiazole rings is 1. The van der Waals surface area contributed by atoms with Crippen molar-refractivity contribution >= 4 is 17.2 Å². The van der Waals surface area contributed by atoms with Gasteiger partial charge in [-0.2, -0.15) is 0 Å². The number of hydrogen-bond donors (Lipinski definition) is 1. The number of amides is 1. The van der Waals surface area contributed by atoms with E-state index >= 15 is 0 Å². The predicted octanol–water partition coefficient (Wildman–Crippen LogP) is 3.16. The Morgan fingerprint density at radius 3 is 2.94 bits per heavy atom. The van der Waals surface area contributed by atoms with Crippen molar-refractivity contribution in [2.45, 2.75) is 51.4 Å². The molecule has 0 bridgehead atoms. The van der Waals surface area contributed by atoms with Crippen LogP contribution in [-0.4, -0.2) is 17.4 Å². The molecule has 1 aliphatic carbocycles. The molecule has 18 heavy (non-hydrogen) atoms. The van der Waals surface area contributed by atoms with Crippen LogP contribution in [0.1, 0.15) is 50.0 Å². The molecule has 1 aromatic heterocycles. The second-order valence-electron chi connectivity index (χ2n) is 5.07. The van der Waals surface area contributed by atoms with Crippen molar-refractivity contribution in [3.05, 3.63) is 16.6 Å². The van der Waals surface area contributed by atoms with Crippen molar-refractivity contribution in [1.29, 1.82) is 0 Å². The maximum absolute atomic E-state index is 11.7. The Hall–Kier alpha value is -0.900. The zero-order chi connectivity index (χ0) is 12.6. The number of rotatable bonds is 6. The van der Waals surface area contributed by atoms with E-state index in [4.69, 9.17) is 0 Å². The van der Waals surface area contributed by atoms with Gasteiger partial charge in [-0.3, -0.25) is 4.79 Å². The first-order chi connectivity index (χ1) is 8.84. The molecule has 1 aliphatic rings. The van der Waals surface area contributed by atoms with Crippen LogP contribution in [0.3, 0.4) is 0 Å². The van der Waals surface area contributed by atoms with Crippen molar-refractivity contribution in [3.63, 3.8) is 0 Å². The van der Waals surface area contributed by atoms with Gasteiger partial charge in [-0.05, 0) is 12.3 Å². The third kappa shape index (κ3) is 4.77. The molecular formula is C14H22N2OS. The van der Waals surface area contributed by atoms with E-state index < -0.39 is 0 Å². The molecule has 4 heteroatoms. The number of nitrogens with zero attached hydrogens (tertiary/aromatic N) is 1. The van der Waals surface area contributed by atoms with E-state index in [0.717, 1.165) is 30.3 Å². The van der Waals surface area contributed by atoms with E-state index in [1.807, 2.05) is 11.6 Å². The van der Waals surface area contributed by atoms with Gasteiger partial charge in [-0.25, -0.2) is 4.98 Å². The lowest BCUT2D eigenvalue weighted by atomic mass is 9.86. The second kappa shape index (κ2) is 7.52. The lowest BCUT2D eigenvalue weighted by Gasteiger charge is -2.20. The molecule has 1 heterocycles. The van der Waals surface area contributed by atoms with Crippen LogP contribution in [-0.2, 0) is 11.2 Å². The van der Waals surface area contributed by atoms with Crippen molar-refractivity contribution < 1.29 is 4.79 Å². The minimum atomic E-state index is 0.206. The summed E-state index contributed by atoms with van der Waals surface area (Å²) in [5.74, 6) is 1.00. The minimum absolute atomic E-state index is 0.206. The molecule has 2 rings (SSSR count). The molecule has 1 fully saturated rings. The Morgan fingerprint density at radius 1 is 1.39 bits per heavy atom. The molecule has 1 amide bonds. The standard InChI is InChI=1S/C14H22N2OS/c17-13(7-6-12-4-2-1-3-5-12)15-9-8-14-16-10-11-18-14/h10-12H,1-9H2,(H,15,17). The van der Waals surface area contributed by atoms with Crippen LogP contribution in [0, 0.1) is 5.92 Å². The van der Waals surface area contributed by atoms with E-state index in [1.54, 1.807) is 11.3 Å². The monoisotopic (exact) mass is 266 g/mol. The van der Waals surface area contributed by atoms with Crippen LogP contribution in [0.4, 0.5) is 0 Å². The summed E-state index contributed by atoms with van der Waals surface area (Å²) in [4.78, 5) is 15.9. The number of carbonyl (C=O) groups excluding carboxylic acids is 1. The summed E-state index contributed by atoms with van der Waals surface area (Å²) in [6, 6.07) is 0. The van der Waals surface area contributed by atoms with Crippen LogP contribution in [0.25, 0.3) is 0 Å². The lowest BCUT2D eigenvalue weighted by molar-refractivity contribution is -0.121. The number of carbonyl (C=O) groups is 1. The molecule has 1 N–H and O–H groups in total. The number of aromatic nitrogens is 1. The Morgan fingerprint density at radius 2 is 2.22 bits per heavy atom. The van der Waals surface area contributed by atoms with E-state index in [0.29, 0.717) is 6.42 Å². The van der Waals surface area contributed by atoms with Crippen molar-refractivity contribution in [2.24, 2.45) is 5.92 Å². The minimum Gasteiger partial charge on any atom is -0.356 e. The van der Waals surface area contributed by atoms with E-state index in [1.165, 1.54) is 32.1 Å². The van der Waals surface area contributed by atoms with Crippen molar-refractivity contribution in [1.82, 2.24) is 10.3 Å². The lowest BCUT2D eigenvalue weighted by Crippen LogP contribution is -2.26. The Labute approximate surface area is 113 Å². The number of nitrogens with one attached hydrogen (secondary N) is 1. The molecule has 0 saturated heterocycles. The highest BCUT2D eigenvalue weighted by Gasteiger charge is 2.14. The van der Waals surface area contributed by atoms with E-state index in [2.05, 4.69) is 10.3 Å². The molecule has 1 aromatic rings. The summed E-state index contributed by atoms with van der Waals surface area (Å²) >= 11 is 1.65.